The highest BCUT2D eigenvalue weighted by atomic mass is 19.1. The van der Waals surface area contributed by atoms with Crippen LogP contribution < -0.4 is 10.5 Å². The van der Waals surface area contributed by atoms with E-state index in [1.165, 1.54) is 36.4 Å². The quantitative estimate of drug-likeness (QED) is 0.794. The molecule has 0 saturated carbocycles. The number of nitrogen functional groups attached to an aromatic ring is 1. The maximum absolute atomic E-state index is 14.0. The zero-order chi connectivity index (χ0) is 17.1. The van der Waals surface area contributed by atoms with E-state index >= 15 is 0 Å². The summed E-state index contributed by atoms with van der Waals surface area (Å²) in [6, 6.07) is 12.8. The topological polar surface area (TPSA) is 84.8 Å². The first kappa shape index (κ1) is 15.4. The van der Waals surface area contributed by atoms with Crippen molar-refractivity contribution >= 4 is 5.82 Å². The van der Waals surface area contributed by atoms with E-state index in [1.807, 2.05) is 6.07 Å². The van der Waals surface area contributed by atoms with Gasteiger partial charge >= 0.3 is 6.01 Å². The monoisotopic (exact) mass is 324 g/mol. The Morgan fingerprint density at radius 2 is 1.83 bits per heavy atom. The average Bonchev–Trinajstić information content (AvgIpc) is 2.55. The molecule has 1 heterocycles. The summed E-state index contributed by atoms with van der Waals surface area (Å²) in [6.45, 7) is 0. The summed E-state index contributed by atoms with van der Waals surface area (Å²) in [4.78, 5) is 7.92. The van der Waals surface area contributed by atoms with Crippen molar-refractivity contribution in [2.75, 3.05) is 5.73 Å². The summed E-state index contributed by atoms with van der Waals surface area (Å²) >= 11 is 0. The molecule has 3 rings (SSSR count). The lowest BCUT2D eigenvalue weighted by atomic mass is 10.1. The molecule has 0 amide bonds. The number of rotatable bonds is 3. The predicted octanol–water partition coefficient (Wildman–Crippen LogP) is 3.67. The van der Waals surface area contributed by atoms with Gasteiger partial charge in [-0.3, -0.25) is 0 Å². The number of nitriles is 1. The molecule has 118 valence electrons. The second kappa shape index (κ2) is 6.30. The number of nitrogens with two attached hydrogens (primary N) is 1. The third kappa shape index (κ3) is 2.98. The normalized spacial score (nSPS) is 10.2. The molecule has 0 atom stereocenters. The van der Waals surface area contributed by atoms with Gasteiger partial charge in [-0.25, -0.2) is 8.78 Å². The Morgan fingerprint density at radius 1 is 1.04 bits per heavy atom. The highest BCUT2D eigenvalue weighted by Gasteiger charge is 2.18. The number of hydrogen-bond acceptors (Lipinski definition) is 5. The Hall–Kier alpha value is -3.53. The van der Waals surface area contributed by atoms with Gasteiger partial charge in [-0.1, -0.05) is 18.2 Å². The lowest BCUT2D eigenvalue weighted by Crippen LogP contribution is -2.04. The first-order chi connectivity index (χ1) is 11.6. The number of nitrogens with zero attached hydrogens (tertiary/aromatic N) is 3. The minimum atomic E-state index is -0.566. The molecule has 5 nitrogen and oxygen atoms in total. The summed E-state index contributed by atoms with van der Waals surface area (Å²) in [5, 5.41) is 9.25. The molecule has 3 aromatic rings. The highest BCUT2D eigenvalue weighted by molar-refractivity contribution is 5.72. The van der Waals surface area contributed by atoms with E-state index in [0.717, 1.165) is 6.07 Å². The maximum atomic E-state index is 14.0. The first-order valence-corrected chi connectivity index (χ1v) is 6.84. The molecule has 0 bridgehead atoms. The van der Waals surface area contributed by atoms with Crippen LogP contribution in [0.4, 0.5) is 14.6 Å². The van der Waals surface area contributed by atoms with Crippen LogP contribution in [0.1, 0.15) is 5.56 Å². The summed E-state index contributed by atoms with van der Waals surface area (Å²) < 4.78 is 32.6. The molecule has 2 aromatic carbocycles. The SMILES string of the molecule is N#Cc1c(N)nc(Oc2cccc(F)c2)nc1-c1ccccc1F. The number of aromatic nitrogens is 2. The molecule has 0 saturated heterocycles. The second-order valence-corrected chi connectivity index (χ2v) is 4.77. The van der Waals surface area contributed by atoms with Gasteiger partial charge in [0.15, 0.2) is 0 Å². The van der Waals surface area contributed by atoms with Crippen molar-refractivity contribution in [2.45, 2.75) is 0 Å². The maximum Gasteiger partial charge on any atom is 0.324 e. The molecule has 0 aliphatic carbocycles. The van der Waals surface area contributed by atoms with E-state index < -0.39 is 11.6 Å². The molecule has 2 N–H and O–H groups in total. The average molecular weight is 324 g/mol. The standard InChI is InChI=1S/C17H10F2N4O/c18-10-4-3-5-11(8-10)24-17-22-15(13(9-20)16(21)23-17)12-6-1-2-7-14(12)19/h1-8H,(H2,21,22,23). The van der Waals surface area contributed by atoms with E-state index in [2.05, 4.69) is 9.97 Å². The molecule has 1 aromatic heterocycles. The van der Waals surface area contributed by atoms with E-state index in [4.69, 9.17) is 10.5 Å². The van der Waals surface area contributed by atoms with Gasteiger partial charge in [-0.2, -0.15) is 15.2 Å². The van der Waals surface area contributed by atoms with Crippen molar-refractivity contribution in [1.82, 2.24) is 9.97 Å². The van der Waals surface area contributed by atoms with Crippen LogP contribution in [0, 0.1) is 23.0 Å². The Kier molecular flexibility index (Phi) is 4.03. The van der Waals surface area contributed by atoms with Crippen LogP contribution in [0.5, 0.6) is 11.8 Å². The smallest absolute Gasteiger partial charge is 0.324 e. The highest BCUT2D eigenvalue weighted by Crippen LogP contribution is 2.30. The first-order valence-electron chi connectivity index (χ1n) is 6.84. The number of benzene rings is 2. The van der Waals surface area contributed by atoms with Gasteiger partial charge in [0.25, 0.3) is 0 Å². The molecule has 0 fully saturated rings. The zero-order valence-corrected chi connectivity index (χ0v) is 12.2. The van der Waals surface area contributed by atoms with E-state index in [-0.39, 0.29) is 34.4 Å². The number of hydrogen-bond donors (Lipinski definition) is 1. The van der Waals surface area contributed by atoms with E-state index in [1.54, 1.807) is 6.07 Å². The van der Waals surface area contributed by atoms with Crippen LogP contribution in [-0.4, -0.2) is 9.97 Å². The van der Waals surface area contributed by atoms with E-state index in [9.17, 15) is 14.0 Å². The van der Waals surface area contributed by atoms with Crippen molar-refractivity contribution in [2.24, 2.45) is 0 Å². The van der Waals surface area contributed by atoms with E-state index in [0.29, 0.717) is 0 Å². The van der Waals surface area contributed by atoms with Gasteiger partial charge in [0.2, 0.25) is 0 Å². The Balaban J connectivity index is 2.11. The number of halogens is 2. The fraction of sp³-hybridized carbons (Fsp3) is 0. The van der Waals surface area contributed by atoms with Crippen LogP contribution in [0.2, 0.25) is 0 Å². The molecule has 0 spiro atoms. The number of ether oxygens (including phenoxy) is 1. The lowest BCUT2D eigenvalue weighted by molar-refractivity contribution is 0.439. The Labute approximate surface area is 136 Å². The molecule has 0 aliphatic rings. The van der Waals surface area contributed by atoms with Gasteiger partial charge in [0, 0.05) is 11.6 Å². The largest absolute Gasteiger partial charge is 0.424 e. The van der Waals surface area contributed by atoms with Crippen LogP contribution in [0.15, 0.2) is 48.5 Å². The summed E-state index contributed by atoms with van der Waals surface area (Å²) in [6.07, 6.45) is 0. The molecular formula is C17H10F2N4O. The molecule has 0 radical (unpaired) electrons. The zero-order valence-electron chi connectivity index (χ0n) is 12.2. The minimum absolute atomic E-state index is 0.00880. The van der Waals surface area contributed by atoms with Crippen LogP contribution in [-0.2, 0) is 0 Å². The van der Waals surface area contributed by atoms with Crippen molar-refractivity contribution < 1.29 is 13.5 Å². The van der Waals surface area contributed by atoms with Crippen molar-refractivity contribution in [3.63, 3.8) is 0 Å². The van der Waals surface area contributed by atoms with Crippen molar-refractivity contribution in [3.05, 3.63) is 65.7 Å². The van der Waals surface area contributed by atoms with Crippen molar-refractivity contribution in [1.29, 1.82) is 5.26 Å². The number of anilines is 1. The fourth-order valence-electron chi connectivity index (χ4n) is 2.10. The summed E-state index contributed by atoms with van der Waals surface area (Å²) in [5.74, 6) is -1.07. The molecule has 0 unspecified atom stereocenters. The van der Waals surface area contributed by atoms with Gasteiger partial charge in [0.05, 0.1) is 0 Å². The fourth-order valence-corrected chi connectivity index (χ4v) is 2.10. The third-order valence-corrected chi connectivity index (χ3v) is 3.16. The minimum Gasteiger partial charge on any atom is -0.424 e. The molecule has 24 heavy (non-hydrogen) atoms. The second-order valence-electron chi connectivity index (χ2n) is 4.77. The molecule has 0 aliphatic heterocycles. The van der Waals surface area contributed by atoms with Crippen LogP contribution in [0.25, 0.3) is 11.3 Å². The molecule has 7 heteroatoms. The van der Waals surface area contributed by atoms with Gasteiger partial charge in [0.1, 0.15) is 40.5 Å². The Morgan fingerprint density at radius 3 is 2.54 bits per heavy atom. The van der Waals surface area contributed by atoms with Crippen LogP contribution in [0.3, 0.4) is 0 Å². The molecular weight excluding hydrogens is 314 g/mol. The van der Waals surface area contributed by atoms with Gasteiger partial charge < -0.3 is 10.5 Å². The van der Waals surface area contributed by atoms with Crippen LogP contribution >= 0.6 is 0 Å². The van der Waals surface area contributed by atoms with Crippen molar-refractivity contribution in [3.8, 4) is 29.1 Å². The summed E-state index contributed by atoms with van der Waals surface area (Å²) in [5.41, 5.74) is 5.79. The third-order valence-electron chi connectivity index (χ3n) is 3.16. The van der Waals surface area contributed by atoms with Gasteiger partial charge in [-0.05, 0) is 24.3 Å². The Bertz CT molecular complexity index is 954. The predicted molar refractivity (Wildman–Crippen MR) is 83.0 cm³/mol. The van der Waals surface area contributed by atoms with Gasteiger partial charge in [-0.15, -0.1) is 0 Å². The summed E-state index contributed by atoms with van der Waals surface area (Å²) in [7, 11) is 0. The lowest BCUT2D eigenvalue weighted by Gasteiger charge is -2.10.